The Balaban J connectivity index is 0.00000336. The molecule has 1 fully saturated rings. The molecule has 0 spiro atoms. The van der Waals surface area contributed by atoms with E-state index in [0.29, 0.717) is 44.6 Å². The van der Waals surface area contributed by atoms with Crippen LogP contribution in [0.5, 0.6) is 0 Å². The molecule has 200 valence electrons. The third kappa shape index (κ3) is 5.14. The van der Waals surface area contributed by atoms with Gasteiger partial charge in [-0.15, -0.1) is 12.4 Å². The summed E-state index contributed by atoms with van der Waals surface area (Å²) in [6, 6.07) is 13.8. The fraction of sp³-hybridized carbons (Fsp3) is 0.333. The molecule has 0 radical (unpaired) electrons. The normalized spacial score (nSPS) is 18.1. The predicted octanol–water partition coefficient (Wildman–Crippen LogP) is 4.37. The molecule has 9 nitrogen and oxygen atoms in total. The van der Waals surface area contributed by atoms with Crippen LogP contribution in [0, 0.1) is 6.92 Å². The Morgan fingerprint density at radius 2 is 1.95 bits per heavy atom. The number of nitrogens with zero attached hydrogens (tertiary/aromatic N) is 2. The summed E-state index contributed by atoms with van der Waals surface area (Å²) in [5.74, 6) is -0.661. The molecule has 1 aliphatic carbocycles. The highest BCUT2D eigenvalue weighted by Gasteiger charge is 2.31. The van der Waals surface area contributed by atoms with Crippen LogP contribution in [0.2, 0.25) is 5.02 Å². The molecule has 2 aromatic carbocycles. The van der Waals surface area contributed by atoms with E-state index in [-0.39, 0.29) is 36.6 Å². The van der Waals surface area contributed by atoms with E-state index >= 15 is 0 Å². The Morgan fingerprint density at radius 3 is 2.68 bits per heavy atom. The number of benzene rings is 2. The van der Waals surface area contributed by atoms with Crippen molar-refractivity contribution in [1.29, 1.82) is 0 Å². The summed E-state index contributed by atoms with van der Waals surface area (Å²) in [7, 11) is 0. The summed E-state index contributed by atoms with van der Waals surface area (Å²) in [5.41, 5.74) is 6.91. The van der Waals surface area contributed by atoms with Crippen LogP contribution >= 0.6 is 24.0 Å². The number of nitrogens with two attached hydrogens (primary N) is 1. The van der Waals surface area contributed by atoms with Crippen LogP contribution in [0.25, 0.3) is 21.8 Å². The number of pyridine rings is 1. The number of carbonyl (C=O) groups is 2. The molecule has 1 aliphatic rings. The topological polar surface area (TPSA) is 129 Å². The lowest BCUT2D eigenvalue weighted by atomic mass is 9.89. The minimum absolute atomic E-state index is 0. The van der Waals surface area contributed by atoms with Crippen molar-refractivity contribution >= 4 is 57.7 Å². The van der Waals surface area contributed by atoms with Crippen molar-refractivity contribution in [3.8, 4) is 0 Å². The second-order valence-corrected chi connectivity index (χ2v) is 9.69. The van der Waals surface area contributed by atoms with Crippen molar-refractivity contribution in [1.82, 2.24) is 15.0 Å². The average Bonchev–Trinajstić information content (AvgIpc) is 3.29. The highest BCUT2D eigenvalue weighted by atomic mass is 35.5. The fourth-order valence-electron chi connectivity index (χ4n) is 5.22. The number of amides is 1. The third-order valence-electron chi connectivity index (χ3n) is 6.90. The standard InChI is InChI=1S/C27H27ClN4O5.ClH/c1-15-22-24(31-37-15)23-19(28)11-6-12-20(23)32(27(22)35)18-10-5-9-17(13-18)30-26(34)25(36-21(33)14-29)16-7-3-2-4-8-16;/h2-4,6-8,11-12,17-18,25H,5,9-10,13-14,29H2,1H3,(H,30,34);1H/t17-,18-,25-;/m1./s1. The molecule has 1 saturated carbocycles. The zero-order chi connectivity index (χ0) is 26.1. The maximum Gasteiger partial charge on any atom is 0.320 e. The highest BCUT2D eigenvalue weighted by Crippen LogP contribution is 2.35. The first kappa shape index (κ1) is 27.6. The van der Waals surface area contributed by atoms with E-state index in [9.17, 15) is 14.4 Å². The molecule has 0 saturated heterocycles. The summed E-state index contributed by atoms with van der Waals surface area (Å²) in [6.07, 6.45) is 1.69. The molecule has 5 rings (SSSR count). The third-order valence-corrected chi connectivity index (χ3v) is 7.21. The molecule has 1 amide bonds. The van der Waals surface area contributed by atoms with Crippen molar-refractivity contribution < 1.29 is 18.8 Å². The maximum atomic E-state index is 13.7. The van der Waals surface area contributed by atoms with E-state index in [1.165, 1.54) is 0 Å². The van der Waals surface area contributed by atoms with E-state index in [1.54, 1.807) is 47.9 Å². The van der Waals surface area contributed by atoms with Gasteiger partial charge < -0.3 is 24.9 Å². The lowest BCUT2D eigenvalue weighted by Gasteiger charge is -2.32. The molecule has 4 aromatic rings. The van der Waals surface area contributed by atoms with Gasteiger partial charge in [0.1, 0.15) is 16.7 Å². The summed E-state index contributed by atoms with van der Waals surface area (Å²) < 4.78 is 12.5. The second-order valence-electron chi connectivity index (χ2n) is 9.28. The van der Waals surface area contributed by atoms with Gasteiger partial charge in [-0.3, -0.25) is 14.4 Å². The van der Waals surface area contributed by atoms with Gasteiger partial charge in [0.25, 0.3) is 11.5 Å². The number of nitrogens with one attached hydrogen (secondary N) is 1. The first-order valence-electron chi connectivity index (χ1n) is 12.2. The van der Waals surface area contributed by atoms with Crippen LogP contribution in [0.15, 0.2) is 57.8 Å². The van der Waals surface area contributed by atoms with Crippen LogP contribution in [0.4, 0.5) is 0 Å². The molecule has 38 heavy (non-hydrogen) atoms. The molecule has 3 N–H and O–H groups in total. The van der Waals surface area contributed by atoms with E-state index in [0.717, 1.165) is 19.3 Å². The van der Waals surface area contributed by atoms with Gasteiger partial charge in [0, 0.05) is 23.0 Å². The molecule has 2 aromatic heterocycles. The highest BCUT2D eigenvalue weighted by molar-refractivity contribution is 6.37. The molecule has 0 bridgehead atoms. The predicted molar refractivity (Wildman–Crippen MR) is 147 cm³/mol. The maximum absolute atomic E-state index is 13.7. The zero-order valence-electron chi connectivity index (χ0n) is 20.7. The Hall–Kier alpha value is -3.40. The smallest absolute Gasteiger partial charge is 0.320 e. The van der Waals surface area contributed by atoms with Gasteiger partial charge in [-0.25, -0.2) is 0 Å². The molecule has 3 atom stereocenters. The Bertz CT molecular complexity index is 1540. The zero-order valence-corrected chi connectivity index (χ0v) is 22.3. The number of hydrogen-bond donors (Lipinski definition) is 2. The van der Waals surface area contributed by atoms with Crippen LogP contribution in [-0.2, 0) is 14.3 Å². The Morgan fingerprint density at radius 1 is 1.18 bits per heavy atom. The van der Waals surface area contributed by atoms with Gasteiger partial charge in [0.2, 0.25) is 6.10 Å². The number of ether oxygens (including phenoxy) is 1. The molecule has 0 unspecified atom stereocenters. The summed E-state index contributed by atoms with van der Waals surface area (Å²) in [5, 5.41) is 8.70. The minimum Gasteiger partial charge on any atom is -0.446 e. The Kier molecular flexibility index (Phi) is 8.40. The van der Waals surface area contributed by atoms with Crippen LogP contribution in [-0.4, -0.2) is 34.2 Å². The monoisotopic (exact) mass is 558 g/mol. The van der Waals surface area contributed by atoms with E-state index in [1.807, 2.05) is 12.1 Å². The largest absolute Gasteiger partial charge is 0.446 e. The minimum atomic E-state index is -1.11. The number of rotatable bonds is 6. The van der Waals surface area contributed by atoms with Crippen LogP contribution < -0.4 is 16.6 Å². The van der Waals surface area contributed by atoms with E-state index in [4.69, 9.17) is 26.6 Å². The first-order chi connectivity index (χ1) is 17.9. The summed E-state index contributed by atoms with van der Waals surface area (Å²) >= 11 is 6.55. The number of hydrogen-bond acceptors (Lipinski definition) is 7. The van der Waals surface area contributed by atoms with Crippen molar-refractivity contribution in [3.63, 3.8) is 0 Å². The van der Waals surface area contributed by atoms with Gasteiger partial charge in [-0.05, 0) is 44.7 Å². The molecular formula is C27H28Cl2N4O5. The van der Waals surface area contributed by atoms with Crippen molar-refractivity contribution in [2.75, 3.05) is 6.54 Å². The van der Waals surface area contributed by atoms with Gasteiger partial charge in [0.05, 0.1) is 17.1 Å². The van der Waals surface area contributed by atoms with Gasteiger partial charge in [0.15, 0.2) is 0 Å². The number of fused-ring (bicyclic) bond motifs is 3. The summed E-state index contributed by atoms with van der Waals surface area (Å²) in [4.78, 5) is 38.9. The lowest BCUT2D eigenvalue weighted by molar-refractivity contribution is -0.155. The Labute approximate surface area is 229 Å². The first-order valence-corrected chi connectivity index (χ1v) is 12.6. The van der Waals surface area contributed by atoms with E-state index in [2.05, 4.69) is 10.5 Å². The number of carbonyl (C=O) groups excluding carboxylic acids is 2. The number of halogens is 2. The van der Waals surface area contributed by atoms with Crippen molar-refractivity contribution in [3.05, 3.63) is 75.2 Å². The molecule has 0 aliphatic heterocycles. The van der Waals surface area contributed by atoms with Crippen molar-refractivity contribution in [2.45, 2.75) is 50.8 Å². The van der Waals surface area contributed by atoms with Crippen molar-refractivity contribution in [2.24, 2.45) is 5.73 Å². The van der Waals surface area contributed by atoms with Gasteiger partial charge in [-0.2, -0.15) is 0 Å². The second kappa shape index (κ2) is 11.6. The van der Waals surface area contributed by atoms with Crippen LogP contribution in [0.1, 0.15) is 49.2 Å². The number of esters is 1. The lowest BCUT2D eigenvalue weighted by Crippen LogP contribution is -2.43. The molecule has 2 heterocycles. The SMILES string of the molecule is Cc1onc2c1c(=O)n([C@@H]1CCC[C@@H](NC(=O)[C@H](OC(=O)CN)c3ccccc3)C1)c1cccc(Cl)c21.Cl. The fourth-order valence-corrected chi connectivity index (χ4v) is 5.48. The van der Waals surface area contributed by atoms with Crippen LogP contribution in [0.3, 0.4) is 0 Å². The average molecular weight is 559 g/mol. The quantitative estimate of drug-likeness (QED) is 0.336. The molecular weight excluding hydrogens is 531 g/mol. The number of aryl methyl sites for hydroxylation is 1. The summed E-state index contributed by atoms with van der Waals surface area (Å²) in [6.45, 7) is 1.38. The van der Waals surface area contributed by atoms with Gasteiger partial charge in [-0.1, -0.05) is 53.2 Å². The molecule has 11 heteroatoms. The van der Waals surface area contributed by atoms with E-state index < -0.39 is 18.0 Å². The van der Waals surface area contributed by atoms with Gasteiger partial charge >= 0.3 is 5.97 Å². The number of aromatic nitrogens is 2.